The number of likely N-dealkylation sites (tertiary alicyclic amines) is 1. The molecule has 0 bridgehead atoms. The lowest BCUT2D eigenvalue weighted by molar-refractivity contribution is 0.0828. The monoisotopic (exact) mass is 254 g/mol. The molecule has 0 aromatic rings. The quantitative estimate of drug-likeness (QED) is 0.708. The highest BCUT2D eigenvalue weighted by molar-refractivity contribution is 4.95. The van der Waals surface area contributed by atoms with Gasteiger partial charge < -0.3 is 5.32 Å². The largest absolute Gasteiger partial charge is 0.312 e. The second-order valence-electron chi connectivity index (χ2n) is 6.43. The third-order valence-electron chi connectivity index (χ3n) is 4.50. The van der Waals surface area contributed by atoms with Gasteiger partial charge in [0.15, 0.2) is 0 Å². The van der Waals surface area contributed by atoms with Crippen molar-refractivity contribution in [3.63, 3.8) is 0 Å². The minimum absolute atomic E-state index is 0.403. The topological polar surface area (TPSA) is 15.3 Å². The van der Waals surface area contributed by atoms with Gasteiger partial charge in [-0.2, -0.15) is 0 Å². The summed E-state index contributed by atoms with van der Waals surface area (Å²) < 4.78 is 0. The molecule has 0 amide bonds. The van der Waals surface area contributed by atoms with E-state index in [2.05, 4.69) is 44.8 Å². The molecule has 2 atom stereocenters. The number of nitrogens with zero attached hydrogens (tertiary/aromatic N) is 1. The van der Waals surface area contributed by atoms with Gasteiger partial charge in [0.2, 0.25) is 0 Å². The fourth-order valence-corrected chi connectivity index (χ4v) is 3.54. The summed E-state index contributed by atoms with van der Waals surface area (Å²) in [5.41, 5.74) is 0.403. The highest BCUT2D eigenvalue weighted by Crippen LogP contribution is 2.32. The van der Waals surface area contributed by atoms with E-state index in [4.69, 9.17) is 0 Å². The minimum Gasteiger partial charge on any atom is -0.312 e. The Kier molecular flexibility index (Phi) is 6.65. The van der Waals surface area contributed by atoms with Crippen molar-refractivity contribution < 1.29 is 0 Å². The first-order chi connectivity index (χ1) is 8.56. The zero-order valence-corrected chi connectivity index (χ0v) is 13.3. The normalized spacial score (nSPS) is 23.2. The van der Waals surface area contributed by atoms with E-state index in [9.17, 15) is 0 Å². The lowest BCUT2D eigenvalue weighted by atomic mass is 9.94. The number of hydrogen-bond donors (Lipinski definition) is 1. The molecule has 0 aromatic carbocycles. The van der Waals surface area contributed by atoms with Crippen LogP contribution >= 0.6 is 0 Å². The molecular weight excluding hydrogens is 220 g/mol. The predicted octanol–water partition coefficient (Wildman–Crippen LogP) is 3.81. The van der Waals surface area contributed by atoms with Gasteiger partial charge >= 0.3 is 0 Å². The molecule has 2 nitrogen and oxygen atoms in total. The van der Waals surface area contributed by atoms with Crippen LogP contribution in [0.1, 0.15) is 73.1 Å². The first-order valence-corrected chi connectivity index (χ1v) is 8.06. The summed E-state index contributed by atoms with van der Waals surface area (Å²) >= 11 is 0. The van der Waals surface area contributed by atoms with E-state index in [-0.39, 0.29) is 0 Å². The Hall–Kier alpha value is -0.0800. The Morgan fingerprint density at radius 2 is 1.89 bits per heavy atom. The van der Waals surface area contributed by atoms with Crippen molar-refractivity contribution >= 4 is 0 Å². The van der Waals surface area contributed by atoms with Gasteiger partial charge in [-0.15, -0.1) is 0 Å². The van der Waals surface area contributed by atoms with Gasteiger partial charge in [0.05, 0.1) is 0 Å². The van der Waals surface area contributed by atoms with Gasteiger partial charge in [-0.1, -0.05) is 27.2 Å². The summed E-state index contributed by atoms with van der Waals surface area (Å²) in [4.78, 5) is 2.77. The summed E-state index contributed by atoms with van der Waals surface area (Å²) in [5.74, 6) is 0. The maximum absolute atomic E-state index is 3.79. The van der Waals surface area contributed by atoms with E-state index in [1.165, 1.54) is 45.1 Å². The van der Waals surface area contributed by atoms with Crippen molar-refractivity contribution in [1.82, 2.24) is 10.2 Å². The molecule has 2 heteroatoms. The fourth-order valence-electron chi connectivity index (χ4n) is 3.54. The van der Waals surface area contributed by atoms with Crippen LogP contribution in [0, 0.1) is 0 Å². The van der Waals surface area contributed by atoms with Crippen molar-refractivity contribution in [2.75, 3.05) is 13.1 Å². The molecule has 108 valence electrons. The first-order valence-electron chi connectivity index (χ1n) is 8.06. The molecule has 0 aliphatic carbocycles. The lowest BCUT2D eigenvalue weighted by Gasteiger charge is -2.42. The van der Waals surface area contributed by atoms with Gasteiger partial charge in [0, 0.05) is 17.6 Å². The molecule has 1 saturated heterocycles. The van der Waals surface area contributed by atoms with Gasteiger partial charge in [-0.3, -0.25) is 4.90 Å². The summed E-state index contributed by atoms with van der Waals surface area (Å²) in [5, 5.41) is 3.79. The zero-order chi connectivity index (χ0) is 13.6. The smallest absolute Gasteiger partial charge is 0.0252 e. The molecule has 1 N–H and O–H groups in total. The minimum atomic E-state index is 0.403. The lowest BCUT2D eigenvalue weighted by Crippen LogP contribution is -2.54. The Labute approximate surface area is 115 Å². The standard InChI is InChI=1S/C16H34N2/c1-6-10-14(17-12-7-2)15(8-3)18-13-9-11-16(18,4)5/h14-15,17H,6-13H2,1-5H3. The van der Waals surface area contributed by atoms with Crippen LogP contribution < -0.4 is 5.32 Å². The van der Waals surface area contributed by atoms with Crippen LogP contribution in [-0.4, -0.2) is 35.6 Å². The summed E-state index contributed by atoms with van der Waals surface area (Å²) in [6.07, 6.45) is 7.83. The molecule has 0 radical (unpaired) electrons. The molecule has 0 saturated carbocycles. The molecule has 18 heavy (non-hydrogen) atoms. The maximum atomic E-state index is 3.79. The van der Waals surface area contributed by atoms with E-state index >= 15 is 0 Å². The Balaban J connectivity index is 2.70. The Bertz CT molecular complexity index is 225. The van der Waals surface area contributed by atoms with Crippen LogP contribution in [0.25, 0.3) is 0 Å². The van der Waals surface area contributed by atoms with Gasteiger partial charge in [-0.25, -0.2) is 0 Å². The number of nitrogens with one attached hydrogen (secondary N) is 1. The number of rotatable bonds is 8. The Morgan fingerprint density at radius 3 is 2.33 bits per heavy atom. The SMILES string of the molecule is CCCNC(CCC)C(CC)N1CCCC1(C)C. The van der Waals surface area contributed by atoms with Gasteiger partial charge in [0.25, 0.3) is 0 Å². The van der Waals surface area contributed by atoms with E-state index < -0.39 is 0 Å². The highest BCUT2D eigenvalue weighted by atomic mass is 15.3. The van der Waals surface area contributed by atoms with E-state index in [1.807, 2.05) is 0 Å². The second-order valence-corrected chi connectivity index (χ2v) is 6.43. The average Bonchev–Trinajstić information content (AvgIpc) is 2.67. The van der Waals surface area contributed by atoms with E-state index in [0.29, 0.717) is 17.6 Å². The molecule has 1 rings (SSSR count). The van der Waals surface area contributed by atoms with E-state index in [1.54, 1.807) is 0 Å². The van der Waals surface area contributed by atoms with Gasteiger partial charge in [-0.05, 0) is 59.0 Å². The average molecular weight is 254 g/mol. The van der Waals surface area contributed by atoms with Crippen molar-refractivity contribution in [3.05, 3.63) is 0 Å². The fraction of sp³-hybridized carbons (Fsp3) is 1.00. The summed E-state index contributed by atoms with van der Waals surface area (Å²) in [6.45, 7) is 14.2. The predicted molar refractivity (Wildman–Crippen MR) is 81.1 cm³/mol. The van der Waals surface area contributed by atoms with E-state index in [0.717, 1.165) is 6.54 Å². The molecule has 2 unspecified atom stereocenters. The number of hydrogen-bond acceptors (Lipinski definition) is 2. The van der Waals surface area contributed by atoms with Crippen molar-refractivity contribution in [2.24, 2.45) is 0 Å². The van der Waals surface area contributed by atoms with Crippen LogP contribution in [0.4, 0.5) is 0 Å². The molecule has 1 fully saturated rings. The molecule has 1 heterocycles. The molecular formula is C16H34N2. The zero-order valence-electron chi connectivity index (χ0n) is 13.3. The van der Waals surface area contributed by atoms with Crippen LogP contribution in [0.15, 0.2) is 0 Å². The molecule has 1 aliphatic rings. The molecule has 0 aromatic heterocycles. The van der Waals surface area contributed by atoms with Gasteiger partial charge in [0.1, 0.15) is 0 Å². The van der Waals surface area contributed by atoms with Crippen molar-refractivity contribution in [2.45, 2.75) is 90.8 Å². The van der Waals surface area contributed by atoms with Crippen LogP contribution in [0.5, 0.6) is 0 Å². The van der Waals surface area contributed by atoms with Crippen LogP contribution in [0.2, 0.25) is 0 Å². The molecule has 1 aliphatic heterocycles. The molecule has 0 spiro atoms. The Morgan fingerprint density at radius 1 is 1.17 bits per heavy atom. The summed E-state index contributed by atoms with van der Waals surface area (Å²) in [6, 6.07) is 1.39. The second kappa shape index (κ2) is 7.49. The van der Waals surface area contributed by atoms with Crippen LogP contribution in [-0.2, 0) is 0 Å². The van der Waals surface area contributed by atoms with Crippen molar-refractivity contribution in [3.8, 4) is 0 Å². The summed E-state index contributed by atoms with van der Waals surface area (Å²) in [7, 11) is 0. The maximum Gasteiger partial charge on any atom is 0.0252 e. The first kappa shape index (κ1) is 16.0. The van der Waals surface area contributed by atoms with Crippen LogP contribution in [0.3, 0.4) is 0 Å². The third-order valence-corrected chi connectivity index (χ3v) is 4.50. The van der Waals surface area contributed by atoms with Crippen molar-refractivity contribution in [1.29, 1.82) is 0 Å². The highest BCUT2D eigenvalue weighted by Gasteiger charge is 2.38. The third kappa shape index (κ3) is 3.96.